The van der Waals surface area contributed by atoms with Crippen LogP contribution in [0.4, 0.5) is 5.69 Å². The van der Waals surface area contributed by atoms with E-state index >= 15 is 0 Å². The van der Waals surface area contributed by atoms with Crippen LogP contribution in [0.25, 0.3) is 0 Å². The fourth-order valence-corrected chi connectivity index (χ4v) is 3.92. The van der Waals surface area contributed by atoms with Crippen molar-refractivity contribution in [1.29, 1.82) is 0 Å². The van der Waals surface area contributed by atoms with Gasteiger partial charge in [0.1, 0.15) is 5.54 Å². The summed E-state index contributed by atoms with van der Waals surface area (Å²) in [5.74, 6) is -0.204. The molecule has 1 aliphatic rings. The molecule has 6 nitrogen and oxygen atoms in total. The standard InChI is InChI=1S/C22H29N3O3/c1-16-9-10-17(14-18(16)24-21(27)19-8-7-13-28-19)20(26)23-15-22(25(2)3)11-5-4-6-12-22/h7-10,13-14H,4-6,11-12,15H2,1-3H3,(H,23,26)(H,24,27)/p+1. The SMILES string of the molecule is Cc1ccc(C(=O)NCC2([NH+](C)C)CCCCC2)cc1NC(=O)c1ccco1. The molecule has 0 saturated heterocycles. The quantitative estimate of drug-likeness (QED) is 0.716. The van der Waals surface area contributed by atoms with Crippen molar-refractivity contribution in [3.8, 4) is 0 Å². The van der Waals surface area contributed by atoms with Crippen molar-refractivity contribution in [3.63, 3.8) is 0 Å². The Morgan fingerprint density at radius 3 is 2.50 bits per heavy atom. The zero-order chi connectivity index (χ0) is 20.1. The minimum atomic E-state index is -0.331. The molecule has 1 saturated carbocycles. The van der Waals surface area contributed by atoms with Crippen LogP contribution in [-0.2, 0) is 0 Å². The molecule has 1 aromatic heterocycles. The number of amides is 2. The average molecular weight is 385 g/mol. The van der Waals surface area contributed by atoms with Crippen molar-refractivity contribution in [1.82, 2.24) is 5.32 Å². The van der Waals surface area contributed by atoms with Crippen LogP contribution in [0.3, 0.4) is 0 Å². The third-order valence-electron chi connectivity index (χ3n) is 5.95. The first-order valence-corrected chi connectivity index (χ1v) is 9.96. The van der Waals surface area contributed by atoms with Crippen LogP contribution in [0.2, 0.25) is 0 Å². The summed E-state index contributed by atoms with van der Waals surface area (Å²) in [5.41, 5.74) is 2.15. The smallest absolute Gasteiger partial charge is 0.291 e. The number of quaternary nitrogens is 1. The van der Waals surface area contributed by atoms with Crippen LogP contribution in [0.15, 0.2) is 41.0 Å². The van der Waals surface area contributed by atoms with E-state index in [4.69, 9.17) is 4.42 Å². The maximum atomic E-state index is 12.8. The number of furan rings is 1. The summed E-state index contributed by atoms with van der Waals surface area (Å²) in [4.78, 5) is 26.4. The number of hydrogen-bond acceptors (Lipinski definition) is 3. The van der Waals surface area contributed by atoms with Crippen molar-refractivity contribution in [2.45, 2.75) is 44.6 Å². The van der Waals surface area contributed by atoms with Crippen LogP contribution >= 0.6 is 0 Å². The Kier molecular flexibility index (Phi) is 6.19. The minimum Gasteiger partial charge on any atom is -0.459 e. The van der Waals surface area contributed by atoms with E-state index in [1.807, 2.05) is 13.0 Å². The van der Waals surface area contributed by atoms with Crippen molar-refractivity contribution in [2.24, 2.45) is 0 Å². The molecule has 1 aromatic carbocycles. The zero-order valence-corrected chi connectivity index (χ0v) is 16.9. The van der Waals surface area contributed by atoms with Crippen LogP contribution in [0.5, 0.6) is 0 Å². The van der Waals surface area contributed by atoms with Crippen molar-refractivity contribution < 1.29 is 18.9 Å². The van der Waals surface area contributed by atoms with E-state index in [9.17, 15) is 9.59 Å². The van der Waals surface area contributed by atoms with Gasteiger partial charge in [-0.25, -0.2) is 0 Å². The second-order valence-corrected chi connectivity index (χ2v) is 7.98. The van der Waals surface area contributed by atoms with Gasteiger partial charge in [0, 0.05) is 24.1 Å². The molecule has 6 heteroatoms. The van der Waals surface area contributed by atoms with Crippen LogP contribution in [-0.4, -0.2) is 38.0 Å². The largest absolute Gasteiger partial charge is 0.459 e. The Morgan fingerprint density at radius 2 is 1.86 bits per heavy atom. The lowest BCUT2D eigenvalue weighted by Gasteiger charge is -2.39. The van der Waals surface area contributed by atoms with Gasteiger partial charge >= 0.3 is 0 Å². The molecule has 3 rings (SSSR count). The van der Waals surface area contributed by atoms with Crippen molar-refractivity contribution in [3.05, 3.63) is 53.5 Å². The maximum Gasteiger partial charge on any atom is 0.291 e. The number of benzene rings is 1. The van der Waals surface area contributed by atoms with E-state index in [-0.39, 0.29) is 23.1 Å². The molecule has 0 spiro atoms. The number of hydrogen-bond donors (Lipinski definition) is 3. The molecule has 1 heterocycles. The Labute approximate surface area is 166 Å². The summed E-state index contributed by atoms with van der Waals surface area (Å²) in [5, 5.41) is 5.95. The molecule has 1 aliphatic carbocycles. The van der Waals surface area contributed by atoms with Gasteiger partial charge in [-0.1, -0.05) is 12.5 Å². The predicted octanol–water partition coefficient (Wildman–Crippen LogP) is 2.42. The van der Waals surface area contributed by atoms with Gasteiger partial charge in [0.25, 0.3) is 11.8 Å². The molecular weight excluding hydrogens is 354 g/mol. The summed E-state index contributed by atoms with van der Waals surface area (Å²) in [6, 6.07) is 8.64. The maximum absolute atomic E-state index is 12.8. The summed E-state index contributed by atoms with van der Waals surface area (Å²) in [6.07, 6.45) is 7.43. The van der Waals surface area contributed by atoms with Gasteiger partial charge < -0.3 is 20.0 Å². The summed E-state index contributed by atoms with van der Waals surface area (Å²) in [6.45, 7) is 2.56. The zero-order valence-electron chi connectivity index (χ0n) is 16.9. The Balaban J connectivity index is 1.69. The van der Waals surface area contributed by atoms with Crippen molar-refractivity contribution in [2.75, 3.05) is 26.0 Å². The Morgan fingerprint density at radius 1 is 1.11 bits per heavy atom. The van der Waals surface area contributed by atoms with E-state index in [1.54, 1.807) is 24.3 Å². The topological polar surface area (TPSA) is 75.8 Å². The second-order valence-electron chi connectivity index (χ2n) is 7.98. The molecular formula is C22H30N3O3+. The monoisotopic (exact) mass is 384 g/mol. The van der Waals surface area contributed by atoms with E-state index in [0.29, 0.717) is 17.8 Å². The molecule has 0 radical (unpaired) electrons. The van der Waals surface area contributed by atoms with E-state index in [2.05, 4.69) is 24.7 Å². The normalized spacial score (nSPS) is 16.0. The average Bonchev–Trinajstić information content (AvgIpc) is 3.23. The van der Waals surface area contributed by atoms with E-state index in [1.165, 1.54) is 30.4 Å². The highest BCUT2D eigenvalue weighted by molar-refractivity contribution is 6.03. The van der Waals surface area contributed by atoms with Crippen molar-refractivity contribution >= 4 is 17.5 Å². The van der Waals surface area contributed by atoms with Gasteiger partial charge in [0.05, 0.1) is 26.9 Å². The lowest BCUT2D eigenvalue weighted by atomic mass is 9.80. The van der Waals surface area contributed by atoms with Gasteiger partial charge in [0.15, 0.2) is 5.76 Å². The highest BCUT2D eigenvalue weighted by Gasteiger charge is 2.38. The number of nitrogens with one attached hydrogen (secondary N) is 3. The first-order valence-electron chi connectivity index (χ1n) is 9.96. The fourth-order valence-electron chi connectivity index (χ4n) is 3.92. The minimum absolute atomic E-state index is 0.106. The first-order chi connectivity index (χ1) is 13.4. The molecule has 150 valence electrons. The number of rotatable bonds is 6. The summed E-state index contributed by atoms with van der Waals surface area (Å²) in [7, 11) is 4.34. The first kappa shape index (κ1) is 20.1. The molecule has 0 bridgehead atoms. The van der Waals surface area contributed by atoms with Crippen LogP contribution in [0, 0.1) is 6.92 Å². The number of likely N-dealkylation sites (N-methyl/N-ethyl adjacent to an activating group) is 1. The van der Waals surface area contributed by atoms with Crippen LogP contribution in [0.1, 0.15) is 58.6 Å². The molecule has 0 aliphatic heterocycles. The number of anilines is 1. The summed E-state index contributed by atoms with van der Waals surface area (Å²) >= 11 is 0. The Bertz CT molecular complexity index is 822. The van der Waals surface area contributed by atoms with E-state index < -0.39 is 0 Å². The number of aryl methyl sites for hydroxylation is 1. The number of carbonyl (C=O) groups excluding carboxylic acids is 2. The third-order valence-corrected chi connectivity index (χ3v) is 5.95. The van der Waals surface area contributed by atoms with Gasteiger partial charge in [0.2, 0.25) is 0 Å². The molecule has 28 heavy (non-hydrogen) atoms. The second kappa shape index (κ2) is 8.61. The van der Waals surface area contributed by atoms with Gasteiger partial charge in [-0.05, 0) is 49.6 Å². The molecule has 2 amide bonds. The molecule has 3 N–H and O–H groups in total. The van der Waals surface area contributed by atoms with Gasteiger partial charge in [-0.15, -0.1) is 0 Å². The molecule has 2 aromatic rings. The highest BCUT2D eigenvalue weighted by Crippen LogP contribution is 2.25. The third kappa shape index (κ3) is 4.44. The van der Waals surface area contributed by atoms with Gasteiger partial charge in [-0.3, -0.25) is 9.59 Å². The lowest BCUT2D eigenvalue weighted by Crippen LogP contribution is -3.16. The molecule has 0 unspecified atom stereocenters. The van der Waals surface area contributed by atoms with Gasteiger partial charge in [-0.2, -0.15) is 0 Å². The van der Waals surface area contributed by atoms with Crippen LogP contribution < -0.4 is 15.5 Å². The summed E-state index contributed by atoms with van der Waals surface area (Å²) < 4.78 is 5.13. The highest BCUT2D eigenvalue weighted by atomic mass is 16.3. The Hall–Kier alpha value is -2.60. The van der Waals surface area contributed by atoms with E-state index in [0.717, 1.165) is 18.4 Å². The number of carbonyl (C=O) groups is 2. The predicted molar refractivity (Wildman–Crippen MR) is 109 cm³/mol. The molecule has 0 atom stereocenters. The lowest BCUT2D eigenvalue weighted by molar-refractivity contribution is -0.916. The fraction of sp³-hybridized carbons (Fsp3) is 0.455. The molecule has 1 fully saturated rings.